The van der Waals surface area contributed by atoms with Crippen molar-refractivity contribution in [3.8, 4) is 0 Å². The quantitative estimate of drug-likeness (QED) is 0.0261. The van der Waals surface area contributed by atoms with Crippen LogP contribution >= 0.6 is 0 Å². The molecule has 0 rings (SSSR count). The van der Waals surface area contributed by atoms with Crippen molar-refractivity contribution in [2.24, 2.45) is 0 Å². The van der Waals surface area contributed by atoms with E-state index in [-0.39, 0.29) is 31.1 Å². The number of rotatable bonds is 72. The number of hydrogen-bond acceptors (Lipinski definition) is 6. The Balaban J connectivity index is 4.06. The minimum Gasteiger partial charge on any atom is -0.462 e. The Morgan fingerprint density at radius 2 is 0.410 bits per heavy atom. The number of ether oxygens (including phenoxy) is 3. The topological polar surface area (TPSA) is 78.9 Å². The average molecular weight is 1170 g/mol. The Morgan fingerprint density at radius 1 is 0.229 bits per heavy atom. The van der Waals surface area contributed by atoms with Crippen molar-refractivity contribution in [1.82, 2.24) is 0 Å². The van der Waals surface area contributed by atoms with Gasteiger partial charge < -0.3 is 14.2 Å². The fourth-order valence-electron chi connectivity index (χ4n) is 12.0. The maximum atomic E-state index is 13.0. The highest BCUT2D eigenvalue weighted by Gasteiger charge is 2.20. The van der Waals surface area contributed by atoms with Gasteiger partial charge in [-0.2, -0.15) is 0 Å². The van der Waals surface area contributed by atoms with Crippen molar-refractivity contribution in [2.45, 2.75) is 451 Å². The molecule has 0 bridgehead atoms. The molecule has 1 unspecified atom stereocenters. The molecule has 6 nitrogen and oxygen atoms in total. The summed E-state index contributed by atoms with van der Waals surface area (Å²) in [6.07, 6.45) is 88.6. The van der Waals surface area contributed by atoms with Gasteiger partial charge in [0.05, 0.1) is 0 Å². The number of allylic oxidation sites excluding steroid dienone is 2. The van der Waals surface area contributed by atoms with E-state index in [2.05, 4.69) is 32.9 Å². The molecule has 0 aliphatic carbocycles. The highest BCUT2D eigenvalue weighted by atomic mass is 16.6. The van der Waals surface area contributed by atoms with Crippen LogP contribution in [-0.4, -0.2) is 37.2 Å². The van der Waals surface area contributed by atoms with Crippen molar-refractivity contribution >= 4 is 17.9 Å². The van der Waals surface area contributed by atoms with Gasteiger partial charge in [0, 0.05) is 19.3 Å². The van der Waals surface area contributed by atoms with Gasteiger partial charge in [0.1, 0.15) is 13.2 Å². The van der Waals surface area contributed by atoms with Crippen molar-refractivity contribution in [3.05, 3.63) is 12.2 Å². The zero-order valence-electron chi connectivity index (χ0n) is 56.8. The summed E-state index contributed by atoms with van der Waals surface area (Å²) in [6, 6.07) is 0. The minimum absolute atomic E-state index is 0.0657. The summed E-state index contributed by atoms with van der Waals surface area (Å²) < 4.78 is 17.0. The van der Waals surface area contributed by atoms with Gasteiger partial charge in [0.15, 0.2) is 6.10 Å². The highest BCUT2D eigenvalue weighted by molar-refractivity contribution is 5.71. The number of esters is 3. The molecule has 83 heavy (non-hydrogen) atoms. The van der Waals surface area contributed by atoms with E-state index in [0.717, 1.165) is 64.2 Å². The van der Waals surface area contributed by atoms with E-state index in [4.69, 9.17) is 14.2 Å². The van der Waals surface area contributed by atoms with Gasteiger partial charge in [-0.3, -0.25) is 14.4 Å². The lowest BCUT2D eigenvalue weighted by Gasteiger charge is -2.18. The first-order valence-corrected chi connectivity index (χ1v) is 38.2. The van der Waals surface area contributed by atoms with E-state index in [9.17, 15) is 14.4 Å². The zero-order valence-corrected chi connectivity index (χ0v) is 56.8. The lowest BCUT2D eigenvalue weighted by Crippen LogP contribution is -2.30. The fourth-order valence-corrected chi connectivity index (χ4v) is 12.0. The van der Waals surface area contributed by atoms with Crippen LogP contribution in [0.25, 0.3) is 0 Å². The van der Waals surface area contributed by atoms with Crippen molar-refractivity contribution in [3.63, 3.8) is 0 Å². The monoisotopic (exact) mass is 1170 g/mol. The Hall–Kier alpha value is -1.85. The van der Waals surface area contributed by atoms with Crippen LogP contribution in [0.3, 0.4) is 0 Å². The Kier molecular flexibility index (Phi) is 71.0. The molecule has 0 N–H and O–H groups in total. The van der Waals surface area contributed by atoms with Crippen LogP contribution in [0, 0.1) is 0 Å². The molecular formula is C77H148O6. The van der Waals surface area contributed by atoms with E-state index >= 15 is 0 Å². The second kappa shape index (κ2) is 72.6. The third-order valence-electron chi connectivity index (χ3n) is 17.8. The third kappa shape index (κ3) is 70.8. The van der Waals surface area contributed by atoms with Gasteiger partial charge in [0.25, 0.3) is 0 Å². The average Bonchev–Trinajstić information content (AvgIpc) is 3.48. The largest absolute Gasteiger partial charge is 0.462 e. The van der Waals surface area contributed by atoms with Gasteiger partial charge in [-0.1, -0.05) is 399 Å². The normalized spacial score (nSPS) is 12.0. The number of hydrogen-bond donors (Lipinski definition) is 0. The van der Waals surface area contributed by atoms with E-state index in [0.29, 0.717) is 19.3 Å². The summed E-state index contributed by atoms with van der Waals surface area (Å²) in [5, 5.41) is 0. The molecule has 0 amide bonds. The van der Waals surface area contributed by atoms with Gasteiger partial charge in [-0.25, -0.2) is 0 Å². The second-order valence-electron chi connectivity index (χ2n) is 26.3. The smallest absolute Gasteiger partial charge is 0.306 e. The van der Waals surface area contributed by atoms with Gasteiger partial charge in [-0.05, 0) is 38.5 Å². The molecule has 0 fully saturated rings. The molecule has 0 aliphatic rings. The third-order valence-corrected chi connectivity index (χ3v) is 17.8. The first-order chi connectivity index (χ1) is 41.0. The summed E-state index contributed by atoms with van der Waals surface area (Å²) >= 11 is 0. The highest BCUT2D eigenvalue weighted by Crippen LogP contribution is 2.20. The number of carbonyl (C=O) groups excluding carboxylic acids is 3. The number of carbonyl (C=O) groups is 3. The van der Waals surface area contributed by atoms with Crippen LogP contribution in [0.2, 0.25) is 0 Å². The molecule has 1 atom stereocenters. The van der Waals surface area contributed by atoms with E-state index in [1.807, 2.05) is 0 Å². The van der Waals surface area contributed by atoms with Gasteiger partial charge in [-0.15, -0.1) is 0 Å². The van der Waals surface area contributed by atoms with Crippen LogP contribution < -0.4 is 0 Å². The molecule has 0 spiro atoms. The lowest BCUT2D eigenvalue weighted by molar-refractivity contribution is -0.167. The zero-order chi connectivity index (χ0) is 59.9. The SMILES string of the molecule is CCCC/C=C\CCCCCCCC(=O)OCC(COC(=O)CCCCCCCCCCCCCCCCCCCCCCCCCCCCCCCCCC)OC(=O)CCCCCCCCCCCCCCCCCCCCCCCC. The van der Waals surface area contributed by atoms with Crippen LogP contribution in [0.15, 0.2) is 12.2 Å². The molecule has 492 valence electrons. The molecular weight excluding hydrogens is 1020 g/mol. The fraction of sp³-hybridized carbons (Fsp3) is 0.935. The standard InChI is InChI=1S/C77H148O6/c1-4-7-10-13-16-19-22-24-26-28-30-32-34-35-36-37-38-39-40-41-42-43-45-46-48-50-52-55-58-61-64-67-70-76(79)82-73-74(72-81-75(78)69-66-63-60-57-54-21-18-15-12-9-6-3)83-77(80)71-68-65-62-59-56-53-51-49-47-44-33-31-29-27-25-23-20-17-14-11-8-5-2/h15,18,74H,4-14,16-17,19-73H2,1-3H3/b18-15-. The Morgan fingerprint density at radius 3 is 0.639 bits per heavy atom. The van der Waals surface area contributed by atoms with E-state index in [1.165, 1.54) is 340 Å². The maximum absolute atomic E-state index is 13.0. The van der Waals surface area contributed by atoms with E-state index in [1.54, 1.807) is 0 Å². The maximum Gasteiger partial charge on any atom is 0.306 e. The molecule has 0 saturated heterocycles. The van der Waals surface area contributed by atoms with Crippen molar-refractivity contribution in [2.75, 3.05) is 13.2 Å². The Labute approximate surface area is 520 Å². The summed E-state index contributed by atoms with van der Waals surface area (Å²) in [5.74, 6) is -0.840. The molecule has 0 aromatic rings. The van der Waals surface area contributed by atoms with Crippen LogP contribution in [0.1, 0.15) is 445 Å². The molecule has 0 heterocycles. The molecule has 0 aromatic carbocycles. The summed E-state index contributed by atoms with van der Waals surface area (Å²) in [4.78, 5) is 38.4. The molecule has 0 aromatic heterocycles. The predicted octanol–water partition coefficient (Wildman–Crippen LogP) is 26.3. The van der Waals surface area contributed by atoms with Crippen molar-refractivity contribution in [1.29, 1.82) is 0 Å². The molecule has 0 saturated carbocycles. The molecule has 6 heteroatoms. The van der Waals surface area contributed by atoms with Crippen molar-refractivity contribution < 1.29 is 28.6 Å². The van der Waals surface area contributed by atoms with Crippen LogP contribution in [0.5, 0.6) is 0 Å². The van der Waals surface area contributed by atoms with Crippen LogP contribution in [-0.2, 0) is 28.6 Å². The first-order valence-electron chi connectivity index (χ1n) is 38.2. The number of unbranched alkanes of at least 4 members (excludes halogenated alkanes) is 59. The summed E-state index contributed by atoms with van der Waals surface area (Å²) in [5.41, 5.74) is 0. The molecule has 0 aliphatic heterocycles. The van der Waals surface area contributed by atoms with Gasteiger partial charge >= 0.3 is 17.9 Å². The van der Waals surface area contributed by atoms with E-state index < -0.39 is 6.10 Å². The predicted molar refractivity (Wildman–Crippen MR) is 363 cm³/mol. The first kappa shape index (κ1) is 81.2. The van der Waals surface area contributed by atoms with Gasteiger partial charge in [0.2, 0.25) is 0 Å². The second-order valence-corrected chi connectivity index (χ2v) is 26.3. The van der Waals surface area contributed by atoms with Crippen LogP contribution in [0.4, 0.5) is 0 Å². The molecule has 0 radical (unpaired) electrons. The lowest BCUT2D eigenvalue weighted by atomic mass is 10.0. The minimum atomic E-state index is -0.770. The Bertz CT molecular complexity index is 1300. The summed E-state index contributed by atoms with van der Waals surface area (Å²) in [7, 11) is 0. The summed E-state index contributed by atoms with van der Waals surface area (Å²) in [6.45, 7) is 6.69.